The van der Waals surface area contributed by atoms with Crippen molar-refractivity contribution >= 4 is 9.24 Å². The molecule has 4 heteroatoms. The van der Waals surface area contributed by atoms with Crippen LogP contribution in [0.2, 0.25) is 0 Å². The van der Waals surface area contributed by atoms with Crippen LogP contribution in [0.25, 0.3) is 0 Å². The van der Waals surface area contributed by atoms with Gasteiger partial charge in [0.25, 0.3) is 0 Å². The third-order valence-electron chi connectivity index (χ3n) is 1.76. The van der Waals surface area contributed by atoms with E-state index < -0.39 is 0 Å². The van der Waals surface area contributed by atoms with E-state index in [0.29, 0.717) is 12.7 Å². The molecule has 1 aliphatic heterocycles. The zero-order valence-corrected chi connectivity index (χ0v) is 8.03. The van der Waals surface area contributed by atoms with Crippen molar-refractivity contribution in [3.63, 3.8) is 0 Å². The second kappa shape index (κ2) is 3.93. The molecule has 1 rings (SSSR count). The highest BCUT2D eigenvalue weighted by molar-refractivity contribution is 7.16. The molecule has 3 nitrogen and oxygen atoms in total. The average molecular weight is 173 g/mol. The number of nitrogens with one attached hydrogen (secondary N) is 1. The van der Waals surface area contributed by atoms with Crippen LogP contribution in [0, 0.1) is 0 Å². The van der Waals surface area contributed by atoms with E-state index in [0.717, 1.165) is 12.7 Å². The first-order valence-corrected chi connectivity index (χ1v) is 4.70. The standard InChI is InChI=1S/C7H16N3P/c1-6-4-10(3-2-8)7(5-11)9-6/h4,7,9H,2-3,5,8,11H2,1H3. The molecule has 0 spiro atoms. The molecule has 0 aliphatic carbocycles. The molecule has 11 heavy (non-hydrogen) atoms. The second-order valence-electron chi connectivity index (χ2n) is 2.73. The average Bonchev–Trinajstić information content (AvgIpc) is 2.32. The molecule has 0 saturated carbocycles. The van der Waals surface area contributed by atoms with Crippen LogP contribution in [0.5, 0.6) is 0 Å². The molecule has 1 aliphatic rings. The van der Waals surface area contributed by atoms with Crippen LogP contribution in [0.4, 0.5) is 0 Å². The van der Waals surface area contributed by atoms with Crippen molar-refractivity contribution in [2.45, 2.75) is 13.1 Å². The lowest BCUT2D eigenvalue weighted by Gasteiger charge is -2.23. The van der Waals surface area contributed by atoms with Gasteiger partial charge in [0, 0.05) is 31.1 Å². The van der Waals surface area contributed by atoms with E-state index >= 15 is 0 Å². The van der Waals surface area contributed by atoms with Crippen LogP contribution >= 0.6 is 9.24 Å². The third kappa shape index (κ3) is 2.08. The summed E-state index contributed by atoms with van der Waals surface area (Å²) in [6.45, 7) is 3.72. The van der Waals surface area contributed by atoms with Crippen molar-refractivity contribution in [1.29, 1.82) is 0 Å². The van der Waals surface area contributed by atoms with E-state index in [4.69, 9.17) is 5.73 Å². The number of rotatable bonds is 3. The van der Waals surface area contributed by atoms with Gasteiger partial charge in [0.2, 0.25) is 0 Å². The number of nitrogens with two attached hydrogens (primary N) is 1. The summed E-state index contributed by atoms with van der Waals surface area (Å²) in [5.74, 6) is 0. The Morgan fingerprint density at radius 2 is 2.55 bits per heavy atom. The Labute approximate surface area is 70.2 Å². The maximum atomic E-state index is 5.47. The molecule has 3 N–H and O–H groups in total. The minimum Gasteiger partial charge on any atom is -0.367 e. The van der Waals surface area contributed by atoms with Crippen LogP contribution in [0.15, 0.2) is 11.9 Å². The molecule has 0 bridgehead atoms. The SMILES string of the molecule is CC1=CN(CCN)C(CP)N1. The summed E-state index contributed by atoms with van der Waals surface area (Å²) in [5.41, 5.74) is 6.69. The highest BCUT2D eigenvalue weighted by Crippen LogP contribution is 2.11. The van der Waals surface area contributed by atoms with Gasteiger partial charge in [-0.3, -0.25) is 0 Å². The molecule has 64 valence electrons. The predicted molar refractivity (Wildman–Crippen MR) is 51.0 cm³/mol. The van der Waals surface area contributed by atoms with Gasteiger partial charge in [0.15, 0.2) is 0 Å². The van der Waals surface area contributed by atoms with Crippen molar-refractivity contribution < 1.29 is 0 Å². The minimum absolute atomic E-state index is 0.434. The van der Waals surface area contributed by atoms with Gasteiger partial charge < -0.3 is 16.0 Å². The van der Waals surface area contributed by atoms with E-state index in [1.807, 2.05) is 0 Å². The zero-order valence-electron chi connectivity index (χ0n) is 6.88. The minimum atomic E-state index is 0.434. The lowest BCUT2D eigenvalue weighted by atomic mass is 10.5. The summed E-state index contributed by atoms with van der Waals surface area (Å²) in [4.78, 5) is 2.24. The number of hydrogen-bond donors (Lipinski definition) is 2. The number of allylic oxidation sites excluding steroid dienone is 1. The van der Waals surface area contributed by atoms with Crippen LogP contribution in [-0.2, 0) is 0 Å². The van der Waals surface area contributed by atoms with Crippen molar-refractivity contribution in [1.82, 2.24) is 10.2 Å². The topological polar surface area (TPSA) is 41.3 Å². The molecule has 0 amide bonds. The molecular formula is C7H16N3P. The van der Waals surface area contributed by atoms with Crippen molar-refractivity contribution in [2.24, 2.45) is 5.73 Å². The molecule has 1 heterocycles. The normalized spacial score (nSPS) is 23.4. The van der Waals surface area contributed by atoms with E-state index in [-0.39, 0.29) is 0 Å². The molecule has 0 fully saturated rings. The van der Waals surface area contributed by atoms with Gasteiger partial charge in [-0.1, -0.05) is 0 Å². The lowest BCUT2D eigenvalue weighted by molar-refractivity contribution is 0.309. The van der Waals surface area contributed by atoms with Gasteiger partial charge in [0.05, 0.1) is 0 Å². The predicted octanol–water partition coefficient (Wildman–Crippen LogP) is -0.0872. The molecule has 0 aromatic heterocycles. The Morgan fingerprint density at radius 1 is 1.82 bits per heavy atom. The maximum absolute atomic E-state index is 5.47. The van der Waals surface area contributed by atoms with Gasteiger partial charge in [-0.2, -0.15) is 0 Å². The van der Waals surface area contributed by atoms with Crippen LogP contribution in [0.1, 0.15) is 6.92 Å². The van der Waals surface area contributed by atoms with Crippen LogP contribution in [0.3, 0.4) is 0 Å². The highest BCUT2D eigenvalue weighted by atomic mass is 31.0. The van der Waals surface area contributed by atoms with Crippen molar-refractivity contribution in [2.75, 3.05) is 19.3 Å². The quantitative estimate of drug-likeness (QED) is 0.586. The van der Waals surface area contributed by atoms with Gasteiger partial charge in [-0.05, 0) is 6.92 Å². The third-order valence-corrected chi connectivity index (χ3v) is 2.21. The van der Waals surface area contributed by atoms with Gasteiger partial charge in [-0.15, -0.1) is 9.24 Å². The lowest BCUT2D eigenvalue weighted by Crippen LogP contribution is -2.39. The number of nitrogens with zero attached hydrogens (tertiary/aromatic N) is 1. The molecule has 2 atom stereocenters. The Morgan fingerprint density at radius 3 is 3.09 bits per heavy atom. The van der Waals surface area contributed by atoms with E-state index in [1.54, 1.807) is 0 Å². The Balaban J connectivity index is 2.46. The molecule has 0 aromatic rings. The first-order valence-electron chi connectivity index (χ1n) is 3.88. The Hall–Kier alpha value is -0.270. The summed E-state index contributed by atoms with van der Waals surface area (Å²) >= 11 is 0. The summed E-state index contributed by atoms with van der Waals surface area (Å²) in [7, 11) is 2.73. The largest absolute Gasteiger partial charge is 0.367 e. The van der Waals surface area contributed by atoms with Gasteiger partial charge >= 0.3 is 0 Å². The first kappa shape index (κ1) is 8.82. The molecular weight excluding hydrogens is 157 g/mol. The van der Waals surface area contributed by atoms with Crippen LogP contribution in [-0.4, -0.2) is 30.3 Å². The summed E-state index contributed by atoms with van der Waals surface area (Å²) < 4.78 is 0. The van der Waals surface area contributed by atoms with Crippen LogP contribution < -0.4 is 11.1 Å². The monoisotopic (exact) mass is 173 g/mol. The van der Waals surface area contributed by atoms with Crippen molar-refractivity contribution in [3.05, 3.63) is 11.9 Å². The zero-order chi connectivity index (χ0) is 8.27. The van der Waals surface area contributed by atoms with E-state index in [9.17, 15) is 0 Å². The smallest absolute Gasteiger partial charge is 0.102 e. The fraction of sp³-hybridized carbons (Fsp3) is 0.714. The fourth-order valence-corrected chi connectivity index (χ4v) is 1.67. The molecule has 0 saturated heterocycles. The summed E-state index contributed by atoms with van der Waals surface area (Å²) in [6, 6.07) is 0. The van der Waals surface area contributed by atoms with Crippen molar-refractivity contribution in [3.8, 4) is 0 Å². The Kier molecular flexibility index (Phi) is 3.16. The van der Waals surface area contributed by atoms with Gasteiger partial charge in [-0.25, -0.2) is 0 Å². The maximum Gasteiger partial charge on any atom is 0.102 e. The van der Waals surface area contributed by atoms with Gasteiger partial charge in [0.1, 0.15) is 6.17 Å². The molecule has 2 unspecified atom stereocenters. The summed E-state index contributed by atoms with van der Waals surface area (Å²) in [6.07, 6.45) is 3.60. The fourth-order valence-electron chi connectivity index (χ4n) is 1.29. The Bertz CT molecular complexity index is 158. The second-order valence-corrected chi connectivity index (χ2v) is 3.21. The molecule has 0 radical (unpaired) electrons. The summed E-state index contributed by atoms with van der Waals surface area (Å²) in [5, 5.41) is 3.35. The van der Waals surface area contributed by atoms with E-state index in [1.165, 1.54) is 5.70 Å². The first-order chi connectivity index (χ1) is 5.27. The number of hydrogen-bond acceptors (Lipinski definition) is 3. The highest BCUT2D eigenvalue weighted by Gasteiger charge is 2.18. The van der Waals surface area contributed by atoms with E-state index in [2.05, 4.69) is 32.6 Å². The molecule has 0 aromatic carbocycles.